The second kappa shape index (κ2) is 4.95. The van der Waals surface area contributed by atoms with Crippen molar-refractivity contribution in [1.82, 2.24) is 4.90 Å². The number of aliphatic hydroxyl groups is 1. The molecule has 0 spiro atoms. The van der Waals surface area contributed by atoms with Crippen LogP contribution in [0.2, 0.25) is 0 Å². The van der Waals surface area contributed by atoms with Gasteiger partial charge in [0.05, 0.1) is 12.0 Å². The number of hydrogen-bond acceptors (Lipinski definition) is 3. The Balaban J connectivity index is 3.94. The molecule has 82 valence electrons. The average Bonchev–Trinajstić information content (AvgIpc) is 1.96. The molecule has 0 aliphatic rings. The highest BCUT2D eigenvalue weighted by Crippen LogP contribution is 2.05. The topological polar surface area (TPSA) is 77.8 Å². The van der Waals surface area contributed by atoms with Crippen LogP contribution in [0.3, 0.4) is 0 Å². The van der Waals surface area contributed by atoms with Gasteiger partial charge in [0.25, 0.3) is 0 Å². The normalized spacial score (nSPS) is 11.1. The number of carboxylic acid groups (broad SMARTS) is 1. The number of hydrogen-bond donors (Lipinski definition) is 2. The number of rotatable bonds is 5. The monoisotopic (exact) mass is 203 g/mol. The average molecular weight is 203 g/mol. The predicted molar refractivity (Wildman–Crippen MR) is 50.8 cm³/mol. The summed E-state index contributed by atoms with van der Waals surface area (Å²) in [6.45, 7) is 3.38. The first kappa shape index (κ1) is 12.9. The van der Waals surface area contributed by atoms with Crippen molar-refractivity contribution < 1.29 is 19.8 Å². The number of carbonyl (C=O) groups is 2. The lowest BCUT2D eigenvalue weighted by Gasteiger charge is -2.25. The minimum Gasteiger partial charge on any atom is -0.481 e. The molecule has 5 heteroatoms. The van der Waals surface area contributed by atoms with Crippen molar-refractivity contribution in [3.05, 3.63) is 0 Å². The van der Waals surface area contributed by atoms with Gasteiger partial charge in [-0.1, -0.05) is 0 Å². The van der Waals surface area contributed by atoms with E-state index in [4.69, 9.17) is 5.11 Å². The van der Waals surface area contributed by atoms with Crippen LogP contribution in [0, 0.1) is 0 Å². The van der Waals surface area contributed by atoms with E-state index in [1.165, 1.54) is 4.90 Å². The molecule has 0 aromatic carbocycles. The van der Waals surface area contributed by atoms with Crippen LogP contribution >= 0.6 is 0 Å². The summed E-state index contributed by atoms with van der Waals surface area (Å²) >= 11 is 0. The molecule has 0 aromatic rings. The lowest BCUT2D eigenvalue weighted by Crippen LogP contribution is -2.39. The van der Waals surface area contributed by atoms with Gasteiger partial charge in [-0.25, -0.2) is 0 Å². The second-order valence-electron chi connectivity index (χ2n) is 3.96. The smallest absolute Gasteiger partial charge is 0.303 e. The number of nitrogens with zero attached hydrogens (tertiary/aromatic N) is 1. The van der Waals surface area contributed by atoms with Crippen LogP contribution in [0.15, 0.2) is 0 Å². The van der Waals surface area contributed by atoms with E-state index in [0.29, 0.717) is 0 Å². The molecular weight excluding hydrogens is 186 g/mol. The van der Waals surface area contributed by atoms with Gasteiger partial charge in [0.15, 0.2) is 0 Å². The summed E-state index contributed by atoms with van der Waals surface area (Å²) in [6.07, 6.45) is -0.197. The van der Waals surface area contributed by atoms with Gasteiger partial charge in [-0.2, -0.15) is 0 Å². The number of aliphatic carboxylic acids is 1. The van der Waals surface area contributed by atoms with Crippen LogP contribution < -0.4 is 0 Å². The molecule has 0 fully saturated rings. The minimum absolute atomic E-state index is 0.0259. The third kappa shape index (κ3) is 6.42. The fourth-order valence-corrected chi connectivity index (χ4v) is 1.07. The van der Waals surface area contributed by atoms with Gasteiger partial charge in [-0.3, -0.25) is 9.59 Å². The summed E-state index contributed by atoms with van der Waals surface area (Å²) in [4.78, 5) is 22.8. The van der Waals surface area contributed by atoms with E-state index in [1.54, 1.807) is 20.9 Å². The number of carbonyl (C=O) groups excluding carboxylic acids is 1. The molecule has 2 N–H and O–H groups in total. The molecule has 0 saturated heterocycles. The quantitative estimate of drug-likeness (QED) is 0.663. The van der Waals surface area contributed by atoms with E-state index in [2.05, 4.69) is 0 Å². The number of likely N-dealkylation sites (N-methyl/N-ethyl adjacent to an activating group) is 1. The molecule has 0 heterocycles. The fourth-order valence-electron chi connectivity index (χ4n) is 1.07. The highest BCUT2D eigenvalue weighted by atomic mass is 16.4. The number of amides is 1. The van der Waals surface area contributed by atoms with Crippen molar-refractivity contribution in [3.63, 3.8) is 0 Å². The lowest BCUT2D eigenvalue weighted by molar-refractivity contribution is -0.141. The zero-order valence-electron chi connectivity index (χ0n) is 8.78. The first-order valence-electron chi connectivity index (χ1n) is 4.40. The van der Waals surface area contributed by atoms with E-state index in [9.17, 15) is 14.7 Å². The molecule has 0 rings (SSSR count). The van der Waals surface area contributed by atoms with Crippen molar-refractivity contribution >= 4 is 11.9 Å². The molecule has 14 heavy (non-hydrogen) atoms. The van der Waals surface area contributed by atoms with Crippen molar-refractivity contribution in [3.8, 4) is 0 Å². The molecule has 0 aliphatic heterocycles. The Hall–Kier alpha value is -1.10. The molecule has 1 amide bonds. The van der Waals surface area contributed by atoms with Gasteiger partial charge in [0, 0.05) is 20.0 Å². The van der Waals surface area contributed by atoms with E-state index in [-0.39, 0.29) is 25.3 Å². The maximum absolute atomic E-state index is 11.3. The van der Waals surface area contributed by atoms with Gasteiger partial charge in [0.1, 0.15) is 0 Å². The summed E-state index contributed by atoms with van der Waals surface area (Å²) in [6, 6.07) is 0. The first-order chi connectivity index (χ1) is 6.22. The zero-order chi connectivity index (χ0) is 11.4. The lowest BCUT2D eigenvalue weighted by atomic mass is 10.1. The van der Waals surface area contributed by atoms with Crippen molar-refractivity contribution in [2.75, 3.05) is 13.6 Å². The third-order valence-corrected chi connectivity index (χ3v) is 1.60. The third-order valence-electron chi connectivity index (χ3n) is 1.60. The minimum atomic E-state index is -0.991. The second-order valence-corrected chi connectivity index (χ2v) is 3.96. The largest absolute Gasteiger partial charge is 0.481 e. The summed E-state index contributed by atoms with van der Waals surface area (Å²) in [7, 11) is 1.54. The molecule has 0 aliphatic carbocycles. The van der Waals surface area contributed by atoms with Crippen molar-refractivity contribution in [2.45, 2.75) is 32.3 Å². The first-order valence-corrected chi connectivity index (χ1v) is 4.40. The number of carboxylic acids is 1. The Kier molecular flexibility index (Phi) is 4.56. The Morgan fingerprint density at radius 1 is 1.29 bits per heavy atom. The van der Waals surface area contributed by atoms with Gasteiger partial charge >= 0.3 is 5.97 Å². The maximum Gasteiger partial charge on any atom is 0.303 e. The summed E-state index contributed by atoms with van der Waals surface area (Å²) in [5, 5.41) is 17.8. The van der Waals surface area contributed by atoms with Crippen LogP contribution in [0.4, 0.5) is 0 Å². The van der Waals surface area contributed by atoms with E-state index in [1.807, 2.05) is 0 Å². The molecule has 0 saturated carbocycles. The SMILES string of the molecule is CN(CC(C)(C)O)C(=O)CCC(=O)O. The van der Waals surface area contributed by atoms with E-state index < -0.39 is 11.6 Å². The van der Waals surface area contributed by atoms with Gasteiger partial charge in [-0.15, -0.1) is 0 Å². The molecule has 0 radical (unpaired) electrons. The van der Waals surface area contributed by atoms with Gasteiger partial charge < -0.3 is 15.1 Å². The highest BCUT2D eigenvalue weighted by Gasteiger charge is 2.19. The zero-order valence-corrected chi connectivity index (χ0v) is 8.78. The van der Waals surface area contributed by atoms with E-state index >= 15 is 0 Å². The van der Waals surface area contributed by atoms with Crippen molar-refractivity contribution in [1.29, 1.82) is 0 Å². The molecule has 0 atom stereocenters. The van der Waals surface area contributed by atoms with Crippen LogP contribution in [-0.2, 0) is 9.59 Å². The standard InChI is InChI=1S/C9H17NO4/c1-9(2,14)6-10(3)7(11)4-5-8(12)13/h14H,4-6H2,1-3H3,(H,12,13). The Bertz CT molecular complexity index is 219. The molecular formula is C9H17NO4. The van der Waals surface area contributed by atoms with Gasteiger partial charge in [0.2, 0.25) is 5.91 Å². The van der Waals surface area contributed by atoms with Crippen LogP contribution in [-0.4, -0.2) is 46.2 Å². The molecule has 5 nitrogen and oxygen atoms in total. The molecule has 0 unspecified atom stereocenters. The molecule has 0 bridgehead atoms. The van der Waals surface area contributed by atoms with Gasteiger partial charge in [-0.05, 0) is 13.8 Å². The Morgan fingerprint density at radius 3 is 2.14 bits per heavy atom. The fraction of sp³-hybridized carbons (Fsp3) is 0.778. The summed E-state index contributed by atoms with van der Waals surface area (Å²) in [5.41, 5.74) is -0.951. The Labute approximate surface area is 83.3 Å². The predicted octanol–water partition coefficient (Wildman–Crippen LogP) is 0.0805. The Morgan fingerprint density at radius 2 is 1.79 bits per heavy atom. The van der Waals surface area contributed by atoms with E-state index in [0.717, 1.165) is 0 Å². The summed E-state index contributed by atoms with van der Waals surface area (Å²) < 4.78 is 0. The summed E-state index contributed by atoms with van der Waals surface area (Å²) in [5.74, 6) is -1.26. The van der Waals surface area contributed by atoms with Crippen LogP contribution in [0.1, 0.15) is 26.7 Å². The van der Waals surface area contributed by atoms with Crippen LogP contribution in [0.5, 0.6) is 0 Å². The van der Waals surface area contributed by atoms with Crippen LogP contribution in [0.25, 0.3) is 0 Å². The van der Waals surface area contributed by atoms with Crippen molar-refractivity contribution in [2.24, 2.45) is 0 Å². The maximum atomic E-state index is 11.3. The molecule has 0 aromatic heterocycles. The highest BCUT2D eigenvalue weighted by molar-refractivity contribution is 5.80.